The molecule has 0 bridgehead atoms. The van der Waals surface area contributed by atoms with Crippen LogP contribution in [0.1, 0.15) is 23.2 Å². The number of hydrogen-bond donors (Lipinski definition) is 2. The molecule has 0 unspecified atom stereocenters. The van der Waals surface area contributed by atoms with Crippen LogP contribution in [0.4, 0.5) is 13.2 Å². The van der Waals surface area contributed by atoms with Gasteiger partial charge in [0.1, 0.15) is 5.75 Å². The van der Waals surface area contributed by atoms with E-state index in [0.717, 1.165) is 29.2 Å². The highest BCUT2D eigenvalue weighted by molar-refractivity contribution is 14.0. The molecule has 0 saturated heterocycles. The minimum Gasteiger partial charge on any atom is -0.406 e. The summed E-state index contributed by atoms with van der Waals surface area (Å²) in [6.07, 6.45) is -3.24. The van der Waals surface area contributed by atoms with Crippen molar-refractivity contribution in [1.82, 2.24) is 15.6 Å². The van der Waals surface area contributed by atoms with Gasteiger partial charge in [-0.15, -0.1) is 48.5 Å². The number of halogens is 4. The Labute approximate surface area is 183 Å². The lowest BCUT2D eigenvalue weighted by atomic mass is 10.1. The first-order chi connectivity index (χ1) is 12.9. The number of aryl methyl sites for hydroxylation is 1. The van der Waals surface area contributed by atoms with Crippen molar-refractivity contribution in [3.05, 3.63) is 45.9 Å². The van der Waals surface area contributed by atoms with Gasteiger partial charge in [0.15, 0.2) is 5.96 Å². The lowest BCUT2D eigenvalue weighted by molar-refractivity contribution is -0.274. The maximum atomic E-state index is 12.2. The van der Waals surface area contributed by atoms with Crippen molar-refractivity contribution in [2.75, 3.05) is 19.6 Å². The lowest BCUT2D eigenvalue weighted by Crippen LogP contribution is -2.38. The third-order valence-electron chi connectivity index (χ3n) is 3.51. The van der Waals surface area contributed by atoms with Crippen molar-refractivity contribution in [1.29, 1.82) is 0 Å². The van der Waals surface area contributed by atoms with Crippen LogP contribution in [-0.4, -0.2) is 36.9 Å². The fraction of sp³-hybridized carbons (Fsp3) is 0.444. The highest BCUT2D eigenvalue weighted by atomic mass is 127. The third kappa shape index (κ3) is 9.58. The van der Waals surface area contributed by atoms with E-state index in [1.807, 2.05) is 19.2 Å². The van der Waals surface area contributed by atoms with E-state index in [2.05, 4.69) is 25.3 Å². The second-order valence-electron chi connectivity index (χ2n) is 5.74. The van der Waals surface area contributed by atoms with Crippen LogP contribution in [0.3, 0.4) is 0 Å². The van der Waals surface area contributed by atoms with Gasteiger partial charge in [-0.1, -0.05) is 12.1 Å². The number of nitrogens with one attached hydrogen (secondary N) is 2. The molecule has 10 heteroatoms. The van der Waals surface area contributed by atoms with E-state index in [9.17, 15) is 13.2 Å². The molecular weight excluding hydrogens is 504 g/mol. The number of guanidine groups is 1. The second-order valence-corrected chi connectivity index (χ2v) is 6.80. The maximum Gasteiger partial charge on any atom is 0.573 e. The average Bonchev–Trinajstić information content (AvgIpc) is 3.00. The van der Waals surface area contributed by atoms with Crippen molar-refractivity contribution in [3.8, 4) is 5.75 Å². The maximum absolute atomic E-state index is 12.2. The topological polar surface area (TPSA) is 58.5 Å². The molecule has 1 heterocycles. The first-order valence-corrected chi connectivity index (χ1v) is 9.51. The van der Waals surface area contributed by atoms with Crippen LogP contribution in [0.25, 0.3) is 0 Å². The van der Waals surface area contributed by atoms with Gasteiger partial charge >= 0.3 is 6.36 Å². The lowest BCUT2D eigenvalue weighted by Gasteiger charge is -2.12. The number of ether oxygens (including phenoxy) is 1. The molecule has 1 aromatic carbocycles. The van der Waals surface area contributed by atoms with Gasteiger partial charge in [0.25, 0.3) is 0 Å². The van der Waals surface area contributed by atoms with E-state index in [-0.39, 0.29) is 29.7 Å². The van der Waals surface area contributed by atoms with E-state index in [1.165, 1.54) is 12.1 Å². The zero-order chi connectivity index (χ0) is 19.7. The molecule has 2 N–H and O–H groups in total. The number of benzene rings is 1. The van der Waals surface area contributed by atoms with E-state index >= 15 is 0 Å². The molecule has 2 rings (SSSR count). The standard InChI is InChI=1S/C18H23F3N4OS.HI/c1-3-22-17(24-11-9-15-12-27-13(2)25-15)23-10-8-14-4-6-16(7-5-14)26-18(19,20)21;/h4-7,12H,3,8-11H2,1-2H3,(H2,22,23,24);1H. The molecule has 5 nitrogen and oxygen atoms in total. The summed E-state index contributed by atoms with van der Waals surface area (Å²) in [4.78, 5) is 8.93. The number of aliphatic imine (C=N–C) groups is 1. The largest absolute Gasteiger partial charge is 0.573 e. The fourth-order valence-corrected chi connectivity index (χ4v) is 2.98. The van der Waals surface area contributed by atoms with Crippen LogP contribution in [0.2, 0.25) is 0 Å². The Bertz CT molecular complexity index is 735. The number of aromatic nitrogens is 1. The summed E-state index contributed by atoms with van der Waals surface area (Å²) < 4.78 is 40.3. The molecule has 156 valence electrons. The van der Waals surface area contributed by atoms with E-state index in [0.29, 0.717) is 25.5 Å². The van der Waals surface area contributed by atoms with Gasteiger partial charge in [-0.05, 0) is 38.0 Å². The van der Waals surface area contributed by atoms with Crippen molar-refractivity contribution in [3.63, 3.8) is 0 Å². The molecule has 0 saturated carbocycles. The Morgan fingerprint density at radius 1 is 1.18 bits per heavy atom. The molecule has 28 heavy (non-hydrogen) atoms. The fourth-order valence-electron chi connectivity index (χ4n) is 2.33. The number of alkyl halides is 3. The van der Waals surface area contributed by atoms with Crippen LogP contribution in [0.15, 0.2) is 34.6 Å². The number of rotatable bonds is 8. The van der Waals surface area contributed by atoms with Gasteiger partial charge in [-0.2, -0.15) is 0 Å². The molecule has 0 fully saturated rings. The van der Waals surface area contributed by atoms with Crippen LogP contribution in [-0.2, 0) is 12.8 Å². The molecule has 0 spiro atoms. The van der Waals surface area contributed by atoms with Crippen LogP contribution >= 0.6 is 35.3 Å². The molecule has 0 atom stereocenters. The van der Waals surface area contributed by atoms with Crippen molar-refractivity contribution < 1.29 is 17.9 Å². The molecule has 2 aromatic rings. The van der Waals surface area contributed by atoms with Crippen molar-refractivity contribution >= 4 is 41.3 Å². The predicted molar refractivity (Wildman–Crippen MR) is 117 cm³/mol. The number of thiazole rings is 1. The average molecular weight is 528 g/mol. The summed E-state index contributed by atoms with van der Waals surface area (Å²) in [7, 11) is 0. The molecule has 0 aliphatic carbocycles. The van der Waals surface area contributed by atoms with Gasteiger partial charge in [0.2, 0.25) is 0 Å². The molecule has 0 aliphatic rings. The van der Waals surface area contributed by atoms with E-state index in [4.69, 9.17) is 0 Å². The molecule has 1 aromatic heterocycles. The van der Waals surface area contributed by atoms with Crippen LogP contribution < -0.4 is 15.4 Å². The van der Waals surface area contributed by atoms with Gasteiger partial charge in [0, 0.05) is 31.4 Å². The Kier molecular flexibility index (Phi) is 10.6. The summed E-state index contributed by atoms with van der Waals surface area (Å²) in [6, 6.07) is 5.88. The minimum atomic E-state index is -4.67. The van der Waals surface area contributed by atoms with E-state index < -0.39 is 6.36 Å². The zero-order valence-electron chi connectivity index (χ0n) is 15.7. The highest BCUT2D eigenvalue weighted by Crippen LogP contribution is 2.22. The Hall–Kier alpha value is -1.56. The molecule has 0 radical (unpaired) electrons. The Balaban J connectivity index is 0.00000392. The summed E-state index contributed by atoms with van der Waals surface area (Å²) in [6.45, 7) is 5.94. The van der Waals surface area contributed by atoms with Gasteiger partial charge in [-0.25, -0.2) is 4.98 Å². The number of nitrogens with zero attached hydrogens (tertiary/aromatic N) is 2. The third-order valence-corrected chi connectivity index (χ3v) is 4.33. The quantitative estimate of drug-likeness (QED) is 0.305. The van der Waals surface area contributed by atoms with Gasteiger partial charge in [0.05, 0.1) is 10.7 Å². The van der Waals surface area contributed by atoms with Gasteiger partial charge < -0.3 is 15.4 Å². The van der Waals surface area contributed by atoms with Crippen molar-refractivity contribution in [2.24, 2.45) is 4.99 Å². The summed E-state index contributed by atoms with van der Waals surface area (Å²) in [5, 5.41) is 9.48. The predicted octanol–water partition coefficient (Wildman–Crippen LogP) is 4.31. The highest BCUT2D eigenvalue weighted by Gasteiger charge is 2.30. The molecule has 0 amide bonds. The SMILES string of the molecule is CCNC(=NCCc1csc(C)n1)NCCc1ccc(OC(F)(F)F)cc1.I. The smallest absolute Gasteiger partial charge is 0.406 e. The molecular formula is C18H24F3IN4OS. The first kappa shape index (κ1) is 24.5. The normalized spacial score (nSPS) is 11.7. The van der Waals surface area contributed by atoms with Crippen LogP contribution in [0, 0.1) is 6.92 Å². The van der Waals surface area contributed by atoms with Crippen molar-refractivity contribution in [2.45, 2.75) is 33.1 Å². The Morgan fingerprint density at radius 2 is 1.89 bits per heavy atom. The minimum absolute atomic E-state index is 0. The monoisotopic (exact) mass is 528 g/mol. The second kappa shape index (κ2) is 12.1. The summed E-state index contributed by atoms with van der Waals surface area (Å²) in [5.74, 6) is 0.493. The van der Waals surface area contributed by atoms with Gasteiger partial charge in [-0.3, -0.25) is 4.99 Å². The molecule has 0 aliphatic heterocycles. The van der Waals surface area contributed by atoms with Crippen LogP contribution in [0.5, 0.6) is 5.75 Å². The summed E-state index contributed by atoms with van der Waals surface area (Å²) in [5.41, 5.74) is 1.95. The zero-order valence-corrected chi connectivity index (χ0v) is 18.8. The summed E-state index contributed by atoms with van der Waals surface area (Å²) >= 11 is 1.63. The first-order valence-electron chi connectivity index (χ1n) is 8.63. The number of hydrogen-bond acceptors (Lipinski definition) is 4. The Morgan fingerprint density at radius 3 is 2.46 bits per heavy atom. The van der Waals surface area contributed by atoms with E-state index in [1.54, 1.807) is 23.5 Å².